The maximum Gasteiger partial charge on any atom is 0.305 e. The number of hydrazine groups is 1. The molecular formula is C21H20N2O5S. The van der Waals surface area contributed by atoms with Gasteiger partial charge in [0.15, 0.2) is 15.6 Å². The first-order valence-corrected chi connectivity index (χ1v) is 10.6. The number of nitrogens with one attached hydrogen (secondary N) is 2. The van der Waals surface area contributed by atoms with Crippen LogP contribution in [0, 0.1) is 0 Å². The maximum atomic E-state index is 12.4. The van der Waals surface area contributed by atoms with E-state index in [9.17, 15) is 18.0 Å². The fourth-order valence-corrected chi connectivity index (χ4v) is 3.88. The molecule has 0 unspecified atom stereocenters. The number of sulfone groups is 1. The summed E-state index contributed by atoms with van der Waals surface area (Å²) in [4.78, 5) is 24.4. The molecule has 2 N–H and O–H groups in total. The van der Waals surface area contributed by atoms with Crippen molar-refractivity contribution in [3.63, 3.8) is 0 Å². The second-order valence-corrected chi connectivity index (χ2v) is 8.29. The summed E-state index contributed by atoms with van der Waals surface area (Å²) in [5.74, 6) is -1.52. The molecule has 7 nitrogen and oxygen atoms in total. The summed E-state index contributed by atoms with van der Waals surface area (Å²) in [5, 5.41) is 0. The number of carbonyl (C=O) groups is 2. The van der Waals surface area contributed by atoms with E-state index in [1.54, 1.807) is 30.3 Å². The van der Waals surface area contributed by atoms with Crippen molar-refractivity contribution < 1.29 is 22.4 Å². The molecule has 1 heterocycles. The molecule has 0 aliphatic carbocycles. The minimum Gasteiger partial charge on any atom is -0.455 e. The normalized spacial score (nSPS) is 11.1. The van der Waals surface area contributed by atoms with E-state index in [4.69, 9.17) is 4.42 Å². The van der Waals surface area contributed by atoms with Gasteiger partial charge in [0, 0.05) is 5.56 Å². The van der Waals surface area contributed by atoms with Crippen LogP contribution in [0.4, 0.5) is 0 Å². The van der Waals surface area contributed by atoms with Gasteiger partial charge in [-0.1, -0.05) is 37.3 Å². The van der Waals surface area contributed by atoms with Crippen molar-refractivity contribution in [2.24, 2.45) is 0 Å². The van der Waals surface area contributed by atoms with Crippen LogP contribution in [-0.2, 0) is 22.0 Å². The van der Waals surface area contributed by atoms with Crippen LogP contribution >= 0.6 is 0 Å². The molecule has 0 bridgehead atoms. The van der Waals surface area contributed by atoms with E-state index in [1.165, 1.54) is 24.3 Å². The molecule has 0 radical (unpaired) electrons. The van der Waals surface area contributed by atoms with Gasteiger partial charge in [-0.3, -0.25) is 20.4 Å². The van der Waals surface area contributed by atoms with Crippen molar-refractivity contribution in [3.05, 3.63) is 89.4 Å². The molecule has 0 saturated heterocycles. The van der Waals surface area contributed by atoms with Gasteiger partial charge in [-0.15, -0.1) is 0 Å². The average Bonchev–Trinajstić information content (AvgIpc) is 3.20. The molecule has 3 aromatic rings. The lowest BCUT2D eigenvalue weighted by molar-refractivity contribution is 0.0830. The predicted molar refractivity (Wildman–Crippen MR) is 107 cm³/mol. The zero-order chi connectivity index (χ0) is 20.9. The van der Waals surface area contributed by atoms with Crippen LogP contribution in [-0.4, -0.2) is 20.2 Å². The Morgan fingerprint density at radius 3 is 2.17 bits per heavy atom. The van der Waals surface area contributed by atoms with Gasteiger partial charge in [0.1, 0.15) is 11.5 Å². The van der Waals surface area contributed by atoms with Gasteiger partial charge in [0.05, 0.1) is 4.90 Å². The topological polar surface area (TPSA) is 105 Å². The van der Waals surface area contributed by atoms with Crippen LogP contribution in [0.5, 0.6) is 0 Å². The van der Waals surface area contributed by atoms with E-state index in [1.807, 2.05) is 19.1 Å². The zero-order valence-corrected chi connectivity index (χ0v) is 16.5. The molecule has 29 heavy (non-hydrogen) atoms. The van der Waals surface area contributed by atoms with Gasteiger partial charge in [-0.25, -0.2) is 8.42 Å². The number of amides is 2. The molecule has 3 rings (SSSR count). The monoisotopic (exact) mass is 412 g/mol. The van der Waals surface area contributed by atoms with E-state index in [0.717, 1.165) is 12.0 Å². The Balaban J connectivity index is 1.59. The number of benzene rings is 2. The number of hydrogen-bond acceptors (Lipinski definition) is 5. The third-order valence-electron chi connectivity index (χ3n) is 4.23. The molecule has 0 spiro atoms. The first kappa shape index (κ1) is 20.3. The fraction of sp³-hybridized carbons (Fsp3) is 0.143. The third-order valence-corrected chi connectivity index (χ3v) is 5.89. The maximum absolute atomic E-state index is 12.4. The summed E-state index contributed by atoms with van der Waals surface area (Å²) in [6.45, 7) is 2.01. The minimum absolute atomic E-state index is 0.107. The number of aryl methyl sites for hydroxylation is 1. The fourth-order valence-electron chi connectivity index (χ4n) is 2.62. The number of furan rings is 1. The summed E-state index contributed by atoms with van der Waals surface area (Å²) in [5.41, 5.74) is 6.05. The van der Waals surface area contributed by atoms with Crippen molar-refractivity contribution in [2.75, 3.05) is 0 Å². The largest absolute Gasteiger partial charge is 0.455 e. The molecule has 0 aliphatic rings. The standard InChI is InChI=1S/C21H20N2O5S/c1-2-15-8-10-16(11-9-15)20(24)22-23-21(25)19-13-12-17(28-19)14-29(26,27)18-6-4-3-5-7-18/h3-13H,2,14H2,1H3,(H,22,24)(H,23,25). The van der Waals surface area contributed by atoms with Gasteiger partial charge < -0.3 is 4.42 Å². The number of hydrogen-bond donors (Lipinski definition) is 2. The van der Waals surface area contributed by atoms with Crippen LogP contribution < -0.4 is 10.9 Å². The van der Waals surface area contributed by atoms with E-state index in [-0.39, 0.29) is 22.2 Å². The Morgan fingerprint density at radius 1 is 0.862 bits per heavy atom. The van der Waals surface area contributed by atoms with E-state index in [0.29, 0.717) is 5.56 Å². The van der Waals surface area contributed by atoms with Crippen molar-refractivity contribution in [1.29, 1.82) is 0 Å². The highest BCUT2D eigenvalue weighted by Gasteiger charge is 2.19. The lowest BCUT2D eigenvalue weighted by Crippen LogP contribution is -2.41. The molecular weight excluding hydrogens is 392 g/mol. The molecule has 150 valence electrons. The summed E-state index contributed by atoms with van der Waals surface area (Å²) < 4.78 is 30.1. The van der Waals surface area contributed by atoms with Crippen LogP contribution in [0.3, 0.4) is 0 Å². The van der Waals surface area contributed by atoms with Gasteiger partial charge in [0.25, 0.3) is 5.91 Å². The Kier molecular flexibility index (Phi) is 6.13. The molecule has 0 saturated carbocycles. The summed E-state index contributed by atoms with van der Waals surface area (Å²) in [7, 11) is -3.59. The second-order valence-electron chi connectivity index (χ2n) is 6.30. The van der Waals surface area contributed by atoms with Gasteiger partial charge in [-0.05, 0) is 48.4 Å². The molecule has 8 heteroatoms. The highest BCUT2D eigenvalue weighted by Crippen LogP contribution is 2.18. The first-order chi connectivity index (χ1) is 13.9. The Hall–Kier alpha value is -3.39. The van der Waals surface area contributed by atoms with Crippen LogP contribution in [0.25, 0.3) is 0 Å². The third kappa shape index (κ3) is 5.11. The number of rotatable bonds is 6. The summed E-state index contributed by atoms with van der Waals surface area (Å²) in [6.07, 6.45) is 0.861. The van der Waals surface area contributed by atoms with Gasteiger partial charge in [0.2, 0.25) is 0 Å². The van der Waals surface area contributed by atoms with E-state index < -0.39 is 21.7 Å². The molecule has 0 atom stereocenters. The van der Waals surface area contributed by atoms with Crippen molar-refractivity contribution >= 4 is 21.7 Å². The number of carbonyl (C=O) groups excluding carboxylic acids is 2. The lowest BCUT2D eigenvalue weighted by Gasteiger charge is -2.06. The first-order valence-electron chi connectivity index (χ1n) is 8.95. The quantitative estimate of drug-likeness (QED) is 0.606. The van der Waals surface area contributed by atoms with Crippen molar-refractivity contribution in [3.8, 4) is 0 Å². The SMILES string of the molecule is CCc1ccc(C(=O)NNC(=O)c2ccc(CS(=O)(=O)c3ccccc3)o2)cc1. The molecule has 2 amide bonds. The highest BCUT2D eigenvalue weighted by atomic mass is 32.2. The van der Waals surface area contributed by atoms with Crippen LogP contribution in [0.2, 0.25) is 0 Å². The Bertz CT molecular complexity index is 1100. The molecule has 2 aromatic carbocycles. The lowest BCUT2D eigenvalue weighted by atomic mass is 10.1. The molecule has 0 aliphatic heterocycles. The van der Waals surface area contributed by atoms with Gasteiger partial charge >= 0.3 is 5.91 Å². The molecule has 1 aromatic heterocycles. The summed E-state index contributed by atoms with van der Waals surface area (Å²) in [6, 6.07) is 17.8. The van der Waals surface area contributed by atoms with Crippen LogP contribution in [0.1, 0.15) is 39.2 Å². The smallest absolute Gasteiger partial charge is 0.305 e. The minimum atomic E-state index is -3.59. The van der Waals surface area contributed by atoms with E-state index >= 15 is 0 Å². The van der Waals surface area contributed by atoms with E-state index in [2.05, 4.69) is 10.9 Å². The molecule has 0 fully saturated rings. The Labute approximate surface area is 168 Å². The van der Waals surface area contributed by atoms with Crippen LogP contribution in [0.15, 0.2) is 76.0 Å². The summed E-state index contributed by atoms with van der Waals surface area (Å²) >= 11 is 0. The van der Waals surface area contributed by atoms with Crippen molar-refractivity contribution in [1.82, 2.24) is 10.9 Å². The Morgan fingerprint density at radius 2 is 1.52 bits per heavy atom. The van der Waals surface area contributed by atoms with Crippen molar-refractivity contribution in [2.45, 2.75) is 24.0 Å². The van der Waals surface area contributed by atoms with Gasteiger partial charge in [-0.2, -0.15) is 0 Å². The highest BCUT2D eigenvalue weighted by molar-refractivity contribution is 7.90. The average molecular weight is 412 g/mol. The predicted octanol–water partition coefficient (Wildman–Crippen LogP) is 2.89. The second kappa shape index (κ2) is 8.74. The zero-order valence-electron chi connectivity index (χ0n) is 15.7.